The number of thiazole rings is 1. The van der Waals surface area contributed by atoms with Crippen molar-refractivity contribution in [2.45, 2.75) is 18.9 Å². The fourth-order valence-corrected chi connectivity index (χ4v) is 4.53. The Morgan fingerprint density at radius 2 is 1.92 bits per heavy atom. The molecule has 2 fully saturated rings. The number of nitrogens with two attached hydrogens (primary N) is 1. The fraction of sp³-hybridized carbons (Fsp3) is 0.412. The van der Waals surface area contributed by atoms with Crippen LogP contribution in [-0.2, 0) is 0 Å². The Bertz CT molecular complexity index is 740. The van der Waals surface area contributed by atoms with Crippen molar-refractivity contribution in [2.75, 3.05) is 13.1 Å². The Morgan fingerprint density at radius 1 is 1.20 bits per heavy atom. The van der Waals surface area contributed by atoms with Crippen molar-refractivity contribution in [2.24, 2.45) is 17.6 Å². The van der Waals surface area contributed by atoms with Crippen molar-refractivity contribution in [3.05, 3.63) is 41.2 Å². The van der Waals surface area contributed by atoms with Gasteiger partial charge in [0.25, 0.3) is 5.91 Å². The SMILES string of the molecule is Cl.Cl.NC1CCC2CN(C(=O)c3csc(-c4ccc(F)cc4)n3)CC12. The maximum atomic E-state index is 13.0. The molecule has 4 rings (SSSR count). The highest BCUT2D eigenvalue weighted by Gasteiger charge is 2.42. The topological polar surface area (TPSA) is 59.2 Å². The second kappa shape index (κ2) is 7.99. The van der Waals surface area contributed by atoms with Gasteiger partial charge < -0.3 is 10.6 Å². The van der Waals surface area contributed by atoms with E-state index < -0.39 is 0 Å². The minimum atomic E-state index is -0.276. The van der Waals surface area contributed by atoms with Crippen molar-refractivity contribution in [1.29, 1.82) is 0 Å². The summed E-state index contributed by atoms with van der Waals surface area (Å²) in [7, 11) is 0. The summed E-state index contributed by atoms with van der Waals surface area (Å²) in [6.07, 6.45) is 2.19. The first-order valence-electron chi connectivity index (χ1n) is 7.88. The molecule has 0 bridgehead atoms. The van der Waals surface area contributed by atoms with E-state index in [0.717, 1.165) is 36.5 Å². The zero-order valence-electron chi connectivity index (χ0n) is 13.4. The molecule has 2 N–H and O–H groups in total. The second-order valence-corrected chi connectivity index (χ2v) is 7.28. The molecule has 1 aliphatic carbocycles. The molecule has 1 aromatic heterocycles. The summed E-state index contributed by atoms with van der Waals surface area (Å²) in [5.41, 5.74) is 7.44. The first-order chi connectivity index (χ1) is 11.1. The Labute approximate surface area is 162 Å². The smallest absolute Gasteiger partial charge is 0.273 e. The first-order valence-corrected chi connectivity index (χ1v) is 8.76. The number of carbonyl (C=O) groups is 1. The lowest BCUT2D eigenvalue weighted by Crippen LogP contribution is -2.33. The van der Waals surface area contributed by atoms with E-state index >= 15 is 0 Å². The number of halogens is 3. The predicted molar refractivity (Wildman–Crippen MR) is 102 cm³/mol. The van der Waals surface area contributed by atoms with Gasteiger partial charge >= 0.3 is 0 Å². The molecule has 2 heterocycles. The van der Waals surface area contributed by atoms with E-state index in [4.69, 9.17) is 5.73 Å². The summed E-state index contributed by atoms with van der Waals surface area (Å²) in [6.45, 7) is 1.54. The van der Waals surface area contributed by atoms with Gasteiger partial charge in [-0.15, -0.1) is 36.2 Å². The molecular weight excluding hydrogens is 384 g/mol. The number of amides is 1. The summed E-state index contributed by atoms with van der Waals surface area (Å²) in [6, 6.07) is 6.40. The third-order valence-electron chi connectivity index (χ3n) is 5.01. The third kappa shape index (κ3) is 3.82. The molecule has 0 radical (unpaired) electrons. The minimum Gasteiger partial charge on any atom is -0.337 e. The van der Waals surface area contributed by atoms with Crippen LogP contribution in [0.5, 0.6) is 0 Å². The standard InChI is InChI=1S/C17H18FN3OS.2ClH/c18-12-4-1-10(2-5-12)16-20-15(9-23-16)17(22)21-7-11-3-6-14(19)13(11)8-21;;/h1-2,4-5,9,11,13-14H,3,6-8,19H2;2*1H. The van der Waals surface area contributed by atoms with Crippen molar-refractivity contribution in [1.82, 2.24) is 9.88 Å². The molecule has 1 saturated carbocycles. The highest BCUT2D eigenvalue weighted by atomic mass is 35.5. The molecular formula is C17H20Cl2FN3OS. The number of aromatic nitrogens is 1. The summed E-state index contributed by atoms with van der Waals surface area (Å²) in [5.74, 6) is 0.691. The van der Waals surface area contributed by atoms with Crippen LogP contribution in [-0.4, -0.2) is 34.9 Å². The first kappa shape index (κ1) is 20.1. The van der Waals surface area contributed by atoms with E-state index in [1.807, 2.05) is 4.90 Å². The van der Waals surface area contributed by atoms with Gasteiger partial charge in [-0.1, -0.05) is 0 Å². The molecule has 1 saturated heterocycles. The van der Waals surface area contributed by atoms with Crippen molar-refractivity contribution in [3.8, 4) is 10.6 Å². The quantitative estimate of drug-likeness (QED) is 0.832. The lowest BCUT2D eigenvalue weighted by molar-refractivity contribution is 0.0774. The average molecular weight is 404 g/mol. The van der Waals surface area contributed by atoms with Crippen LogP contribution in [0.2, 0.25) is 0 Å². The van der Waals surface area contributed by atoms with Crippen molar-refractivity contribution >= 4 is 42.1 Å². The van der Waals surface area contributed by atoms with Gasteiger partial charge in [-0.3, -0.25) is 4.79 Å². The number of benzene rings is 1. The molecule has 1 aromatic carbocycles. The van der Waals surface area contributed by atoms with Gasteiger partial charge in [0.2, 0.25) is 0 Å². The van der Waals surface area contributed by atoms with E-state index in [9.17, 15) is 9.18 Å². The molecule has 2 aliphatic rings. The van der Waals surface area contributed by atoms with E-state index in [1.165, 1.54) is 23.5 Å². The summed E-state index contributed by atoms with van der Waals surface area (Å²) in [4.78, 5) is 19.0. The molecule has 25 heavy (non-hydrogen) atoms. The van der Waals surface area contributed by atoms with Gasteiger partial charge in [-0.25, -0.2) is 9.37 Å². The summed E-state index contributed by atoms with van der Waals surface area (Å²) < 4.78 is 13.0. The molecule has 8 heteroatoms. The molecule has 4 nitrogen and oxygen atoms in total. The lowest BCUT2D eigenvalue weighted by atomic mass is 9.98. The van der Waals surface area contributed by atoms with Crippen LogP contribution in [0.1, 0.15) is 23.3 Å². The number of carbonyl (C=O) groups excluding carboxylic acids is 1. The highest BCUT2D eigenvalue weighted by molar-refractivity contribution is 7.13. The molecule has 1 aliphatic heterocycles. The van der Waals surface area contributed by atoms with Crippen LogP contribution in [0.25, 0.3) is 10.6 Å². The maximum Gasteiger partial charge on any atom is 0.273 e. The van der Waals surface area contributed by atoms with Crippen LogP contribution in [0.15, 0.2) is 29.6 Å². The Hall–Kier alpha value is -1.21. The minimum absolute atomic E-state index is 0. The molecule has 136 valence electrons. The largest absolute Gasteiger partial charge is 0.337 e. The lowest BCUT2D eigenvalue weighted by Gasteiger charge is -2.17. The zero-order valence-corrected chi connectivity index (χ0v) is 15.9. The van der Waals surface area contributed by atoms with Gasteiger partial charge in [-0.2, -0.15) is 0 Å². The fourth-order valence-electron chi connectivity index (χ4n) is 3.73. The Morgan fingerprint density at radius 3 is 2.60 bits per heavy atom. The van der Waals surface area contributed by atoms with E-state index in [-0.39, 0.29) is 42.6 Å². The number of hydrogen-bond donors (Lipinski definition) is 1. The van der Waals surface area contributed by atoms with E-state index in [2.05, 4.69) is 4.98 Å². The van der Waals surface area contributed by atoms with Gasteiger partial charge in [0.1, 0.15) is 16.5 Å². The Balaban J connectivity index is 0.00000113. The van der Waals surface area contributed by atoms with Gasteiger partial charge in [0, 0.05) is 30.1 Å². The highest BCUT2D eigenvalue weighted by Crippen LogP contribution is 2.37. The molecule has 3 atom stereocenters. The van der Waals surface area contributed by atoms with Crippen LogP contribution >= 0.6 is 36.2 Å². The molecule has 2 aromatic rings. The van der Waals surface area contributed by atoms with Gasteiger partial charge in [0.15, 0.2) is 0 Å². The second-order valence-electron chi connectivity index (χ2n) is 6.42. The van der Waals surface area contributed by atoms with Crippen LogP contribution in [0.4, 0.5) is 4.39 Å². The Kier molecular flexibility index (Phi) is 6.43. The van der Waals surface area contributed by atoms with Crippen molar-refractivity contribution in [3.63, 3.8) is 0 Å². The number of likely N-dealkylation sites (tertiary alicyclic amines) is 1. The predicted octanol–water partition coefficient (Wildman–Crippen LogP) is 3.60. The van der Waals surface area contributed by atoms with E-state index in [0.29, 0.717) is 17.5 Å². The summed E-state index contributed by atoms with van der Waals surface area (Å²) in [5, 5.41) is 2.53. The zero-order chi connectivity index (χ0) is 16.0. The average Bonchev–Trinajstić information content (AvgIpc) is 3.25. The van der Waals surface area contributed by atoms with Gasteiger partial charge in [0.05, 0.1) is 0 Å². The van der Waals surface area contributed by atoms with E-state index in [1.54, 1.807) is 17.5 Å². The number of rotatable bonds is 2. The number of fused-ring (bicyclic) bond motifs is 1. The van der Waals surface area contributed by atoms with Crippen LogP contribution < -0.4 is 5.73 Å². The van der Waals surface area contributed by atoms with Gasteiger partial charge in [-0.05, 0) is 48.9 Å². The van der Waals surface area contributed by atoms with Crippen LogP contribution in [0.3, 0.4) is 0 Å². The maximum absolute atomic E-state index is 13.0. The molecule has 1 amide bonds. The summed E-state index contributed by atoms with van der Waals surface area (Å²) >= 11 is 1.41. The normalized spacial score (nSPS) is 24.4. The van der Waals surface area contributed by atoms with Crippen LogP contribution in [0, 0.1) is 17.7 Å². The molecule has 0 spiro atoms. The van der Waals surface area contributed by atoms with Crippen molar-refractivity contribution < 1.29 is 9.18 Å². The monoisotopic (exact) mass is 403 g/mol. The number of nitrogens with zero attached hydrogens (tertiary/aromatic N) is 2. The third-order valence-corrected chi connectivity index (χ3v) is 5.91. The molecule has 3 unspecified atom stereocenters. The number of hydrogen-bond acceptors (Lipinski definition) is 4.